The van der Waals surface area contributed by atoms with E-state index in [1.54, 1.807) is 0 Å². The molecule has 0 N–H and O–H groups in total. The van der Waals surface area contributed by atoms with Crippen molar-refractivity contribution in [3.8, 4) is 0 Å². The minimum absolute atomic E-state index is 0.210. The highest BCUT2D eigenvalue weighted by Gasteiger charge is 2.33. The summed E-state index contributed by atoms with van der Waals surface area (Å²) in [6.45, 7) is 3.92. The van der Waals surface area contributed by atoms with Crippen LogP contribution in [-0.2, 0) is 17.6 Å². The van der Waals surface area contributed by atoms with Crippen molar-refractivity contribution in [2.75, 3.05) is 24.7 Å². The van der Waals surface area contributed by atoms with E-state index in [0.29, 0.717) is 19.1 Å². The number of hydrogen-bond donors (Lipinski definition) is 0. The van der Waals surface area contributed by atoms with Gasteiger partial charge in [0, 0.05) is 17.3 Å². The van der Waals surface area contributed by atoms with Crippen molar-refractivity contribution in [1.29, 1.82) is 0 Å². The minimum atomic E-state index is 0.210. The van der Waals surface area contributed by atoms with Crippen LogP contribution < -0.4 is 4.90 Å². The molecule has 3 aliphatic rings. The van der Waals surface area contributed by atoms with E-state index in [2.05, 4.69) is 4.90 Å². The van der Waals surface area contributed by atoms with Crippen LogP contribution in [0.2, 0.25) is 0 Å². The summed E-state index contributed by atoms with van der Waals surface area (Å²) in [7, 11) is 0. The Morgan fingerprint density at radius 1 is 1.21 bits per heavy atom. The molecular weight excluding hydrogens is 320 g/mol. The molecule has 6 heteroatoms. The highest BCUT2D eigenvalue weighted by atomic mass is 32.1. The largest absolute Gasteiger partial charge is 0.329 e. The lowest BCUT2D eigenvalue weighted by Gasteiger charge is -2.20. The smallest absolute Gasteiger partial charge is 0.243 e. The summed E-state index contributed by atoms with van der Waals surface area (Å²) in [5, 5.41) is 1.24. The minimum Gasteiger partial charge on any atom is -0.329 e. The summed E-state index contributed by atoms with van der Waals surface area (Å²) in [6.07, 6.45) is 7.25. The maximum absolute atomic E-state index is 12.2. The number of fused-ring (bicyclic) bond motifs is 3. The van der Waals surface area contributed by atoms with E-state index >= 15 is 0 Å². The molecule has 0 radical (unpaired) electrons. The van der Waals surface area contributed by atoms with Crippen molar-refractivity contribution in [2.45, 2.75) is 51.4 Å². The number of likely N-dealkylation sites (N-methyl/N-ethyl adjacent to an activating group) is 1. The van der Waals surface area contributed by atoms with Gasteiger partial charge < -0.3 is 9.80 Å². The first-order valence-corrected chi connectivity index (χ1v) is 9.91. The standard InChI is InChI=1S/C18H22N4OS/c1-2-21-10-22(9-14(21)23)17-15-12-5-3-4-6-13(12)24-18(15)20-16(19-17)11-7-8-11/h11H,2-10H2,1H3. The fraction of sp³-hybridized carbons (Fsp3) is 0.611. The molecule has 3 heterocycles. The molecule has 1 saturated heterocycles. The van der Waals surface area contributed by atoms with Gasteiger partial charge in [-0.05, 0) is 51.0 Å². The number of rotatable bonds is 3. The molecule has 0 atom stereocenters. The zero-order chi connectivity index (χ0) is 16.3. The number of aryl methyl sites for hydroxylation is 2. The van der Waals surface area contributed by atoms with Crippen LogP contribution in [0.4, 0.5) is 5.82 Å². The van der Waals surface area contributed by atoms with Gasteiger partial charge in [-0.1, -0.05) is 0 Å². The molecule has 0 spiro atoms. The summed E-state index contributed by atoms with van der Waals surface area (Å²) < 4.78 is 0. The lowest BCUT2D eigenvalue weighted by molar-refractivity contribution is -0.126. The number of nitrogens with zero attached hydrogens (tertiary/aromatic N) is 4. The highest BCUT2D eigenvalue weighted by Crippen LogP contribution is 2.44. The molecule has 2 fully saturated rings. The van der Waals surface area contributed by atoms with Crippen LogP contribution in [0.1, 0.15) is 54.8 Å². The first kappa shape index (κ1) is 14.6. The van der Waals surface area contributed by atoms with Gasteiger partial charge in [0.15, 0.2) is 0 Å². The summed E-state index contributed by atoms with van der Waals surface area (Å²) in [5.74, 6) is 2.76. The molecule has 126 valence electrons. The maximum atomic E-state index is 12.2. The molecule has 0 unspecified atom stereocenters. The number of amides is 1. The Morgan fingerprint density at radius 3 is 2.79 bits per heavy atom. The first-order valence-electron chi connectivity index (χ1n) is 9.09. The molecule has 2 aromatic rings. The summed E-state index contributed by atoms with van der Waals surface area (Å²) in [5.41, 5.74) is 1.46. The topological polar surface area (TPSA) is 49.3 Å². The van der Waals surface area contributed by atoms with Crippen LogP contribution in [-0.4, -0.2) is 40.5 Å². The van der Waals surface area contributed by atoms with E-state index in [1.807, 2.05) is 23.2 Å². The fourth-order valence-electron chi connectivity index (χ4n) is 3.92. The van der Waals surface area contributed by atoms with Crippen molar-refractivity contribution >= 4 is 33.3 Å². The Kier molecular flexibility index (Phi) is 3.30. The highest BCUT2D eigenvalue weighted by molar-refractivity contribution is 7.19. The quantitative estimate of drug-likeness (QED) is 0.860. The first-order chi connectivity index (χ1) is 11.7. The second-order valence-electron chi connectivity index (χ2n) is 7.16. The molecule has 5 rings (SSSR count). The molecule has 2 aliphatic carbocycles. The molecule has 1 amide bonds. The molecule has 5 nitrogen and oxygen atoms in total. The Hall–Kier alpha value is -1.69. The molecular formula is C18H22N4OS. The molecule has 0 bridgehead atoms. The van der Waals surface area contributed by atoms with Gasteiger partial charge >= 0.3 is 0 Å². The number of aromatic nitrogens is 2. The van der Waals surface area contributed by atoms with Crippen molar-refractivity contribution in [2.24, 2.45) is 0 Å². The number of carbonyl (C=O) groups is 1. The number of thiophene rings is 1. The van der Waals surface area contributed by atoms with Gasteiger partial charge in [-0.3, -0.25) is 4.79 Å². The van der Waals surface area contributed by atoms with Gasteiger partial charge in [0.2, 0.25) is 5.91 Å². The van der Waals surface area contributed by atoms with Crippen molar-refractivity contribution in [3.63, 3.8) is 0 Å². The molecule has 1 saturated carbocycles. The fourth-order valence-corrected chi connectivity index (χ4v) is 5.19. The molecule has 24 heavy (non-hydrogen) atoms. The summed E-state index contributed by atoms with van der Waals surface area (Å²) in [4.78, 5) is 28.8. The van der Waals surface area contributed by atoms with Gasteiger partial charge in [-0.25, -0.2) is 9.97 Å². The van der Waals surface area contributed by atoms with Crippen LogP contribution in [0.15, 0.2) is 0 Å². The van der Waals surface area contributed by atoms with Crippen LogP contribution in [0.3, 0.4) is 0 Å². The van der Waals surface area contributed by atoms with E-state index < -0.39 is 0 Å². The molecule has 1 aliphatic heterocycles. The lowest BCUT2D eigenvalue weighted by Crippen LogP contribution is -2.27. The Labute approximate surface area is 145 Å². The average molecular weight is 342 g/mol. The Bertz CT molecular complexity index is 826. The lowest BCUT2D eigenvalue weighted by atomic mass is 9.97. The monoisotopic (exact) mass is 342 g/mol. The molecule has 2 aromatic heterocycles. The predicted octanol–water partition coefficient (Wildman–Crippen LogP) is 3.07. The van der Waals surface area contributed by atoms with Crippen LogP contribution in [0.5, 0.6) is 0 Å². The van der Waals surface area contributed by atoms with Gasteiger partial charge in [0.1, 0.15) is 23.0 Å². The normalized spacial score (nSPS) is 21.0. The van der Waals surface area contributed by atoms with E-state index in [-0.39, 0.29) is 5.91 Å². The maximum Gasteiger partial charge on any atom is 0.243 e. The Morgan fingerprint density at radius 2 is 2.04 bits per heavy atom. The Balaban J connectivity index is 1.67. The predicted molar refractivity (Wildman–Crippen MR) is 95.6 cm³/mol. The van der Waals surface area contributed by atoms with Crippen molar-refractivity contribution in [3.05, 3.63) is 16.3 Å². The number of hydrogen-bond acceptors (Lipinski definition) is 5. The second-order valence-corrected chi connectivity index (χ2v) is 8.24. The third kappa shape index (κ3) is 2.23. The van der Waals surface area contributed by atoms with E-state index in [1.165, 1.54) is 47.9 Å². The van der Waals surface area contributed by atoms with Gasteiger partial charge in [-0.15, -0.1) is 11.3 Å². The van der Waals surface area contributed by atoms with E-state index in [0.717, 1.165) is 29.4 Å². The van der Waals surface area contributed by atoms with Crippen LogP contribution in [0, 0.1) is 0 Å². The van der Waals surface area contributed by atoms with Gasteiger partial charge in [-0.2, -0.15) is 0 Å². The SMILES string of the molecule is CCN1CN(c2nc(C3CC3)nc3sc4c(c23)CCCC4)CC1=O. The van der Waals surface area contributed by atoms with Gasteiger partial charge in [0.25, 0.3) is 0 Å². The van der Waals surface area contributed by atoms with E-state index in [4.69, 9.17) is 9.97 Å². The molecule has 0 aromatic carbocycles. The average Bonchev–Trinajstić information content (AvgIpc) is 3.28. The van der Waals surface area contributed by atoms with Crippen LogP contribution >= 0.6 is 11.3 Å². The summed E-state index contributed by atoms with van der Waals surface area (Å²) >= 11 is 1.86. The third-order valence-corrected chi connectivity index (χ3v) is 6.64. The third-order valence-electron chi connectivity index (χ3n) is 5.46. The van der Waals surface area contributed by atoms with Crippen molar-refractivity contribution in [1.82, 2.24) is 14.9 Å². The zero-order valence-corrected chi connectivity index (χ0v) is 14.9. The van der Waals surface area contributed by atoms with Gasteiger partial charge in [0.05, 0.1) is 12.1 Å². The number of anilines is 1. The van der Waals surface area contributed by atoms with Crippen molar-refractivity contribution < 1.29 is 4.79 Å². The number of carbonyl (C=O) groups excluding carboxylic acids is 1. The summed E-state index contributed by atoms with van der Waals surface area (Å²) in [6, 6.07) is 0. The second kappa shape index (κ2) is 5.41. The van der Waals surface area contributed by atoms with E-state index in [9.17, 15) is 4.79 Å². The van der Waals surface area contributed by atoms with Crippen LogP contribution in [0.25, 0.3) is 10.2 Å². The zero-order valence-electron chi connectivity index (χ0n) is 14.0.